The lowest BCUT2D eigenvalue weighted by molar-refractivity contribution is -0.158. The maximum absolute atomic E-state index is 14.1. The molecule has 2 fully saturated rings. The van der Waals surface area contributed by atoms with Crippen molar-refractivity contribution >= 4 is 6.09 Å². The van der Waals surface area contributed by atoms with Crippen LogP contribution >= 0.6 is 0 Å². The summed E-state index contributed by atoms with van der Waals surface area (Å²) in [5.74, 6) is -3.16. The van der Waals surface area contributed by atoms with Gasteiger partial charge in [0.25, 0.3) is 5.92 Å². The highest BCUT2D eigenvalue weighted by Gasteiger charge is 2.59. The Balaban J connectivity index is 1.35. The second-order valence-electron chi connectivity index (χ2n) is 7.12. The molecule has 0 radical (unpaired) electrons. The van der Waals surface area contributed by atoms with E-state index >= 15 is 0 Å². The van der Waals surface area contributed by atoms with E-state index in [-0.39, 0.29) is 19.1 Å². The molecule has 5 rings (SSSR count). The van der Waals surface area contributed by atoms with Crippen LogP contribution in [0.5, 0.6) is 0 Å². The van der Waals surface area contributed by atoms with E-state index < -0.39 is 30.6 Å². The van der Waals surface area contributed by atoms with Crippen molar-refractivity contribution in [3.8, 4) is 11.1 Å². The Bertz CT molecular complexity index is 859. The van der Waals surface area contributed by atoms with Gasteiger partial charge >= 0.3 is 6.09 Å². The van der Waals surface area contributed by atoms with Crippen LogP contribution in [0.2, 0.25) is 0 Å². The first-order chi connectivity index (χ1) is 13.1. The predicted molar refractivity (Wildman–Crippen MR) is 93.4 cm³/mol. The Labute approximate surface area is 154 Å². The van der Waals surface area contributed by atoms with Crippen molar-refractivity contribution in [2.24, 2.45) is 0 Å². The molecule has 0 unspecified atom stereocenters. The lowest BCUT2D eigenvalue weighted by Gasteiger charge is -2.25. The van der Waals surface area contributed by atoms with Crippen molar-refractivity contribution in [2.75, 3.05) is 19.8 Å². The Morgan fingerprint density at radius 2 is 1.78 bits per heavy atom. The highest BCUT2D eigenvalue weighted by Crippen LogP contribution is 2.44. The minimum Gasteiger partial charge on any atom is -0.447 e. The number of nitrogens with one attached hydrogen (secondary N) is 1. The third kappa shape index (κ3) is 2.53. The molecule has 2 aliphatic heterocycles. The quantitative estimate of drug-likeness (QED) is 0.880. The fourth-order valence-corrected chi connectivity index (χ4v) is 4.33. The summed E-state index contributed by atoms with van der Waals surface area (Å²) < 4.78 is 33.5. The summed E-state index contributed by atoms with van der Waals surface area (Å²) in [6.45, 7) is -0.355. The molecule has 2 aromatic rings. The molecule has 0 aromatic heterocycles. The van der Waals surface area contributed by atoms with Crippen LogP contribution in [0, 0.1) is 0 Å². The van der Waals surface area contributed by atoms with E-state index in [9.17, 15) is 13.6 Å². The molecule has 2 saturated heterocycles. The van der Waals surface area contributed by atoms with Crippen LogP contribution in [-0.4, -0.2) is 48.9 Å². The fourth-order valence-electron chi connectivity index (χ4n) is 4.33. The Morgan fingerprint density at radius 3 is 2.44 bits per heavy atom. The molecular weight excluding hydrogens is 354 g/mol. The first kappa shape index (κ1) is 16.6. The number of nitrogens with zero attached hydrogens (tertiary/aromatic N) is 1. The number of fused-ring (bicyclic) bond motifs is 4. The van der Waals surface area contributed by atoms with Gasteiger partial charge in [-0.15, -0.1) is 0 Å². The van der Waals surface area contributed by atoms with E-state index in [1.54, 1.807) is 0 Å². The first-order valence-electron chi connectivity index (χ1n) is 8.94. The van der Waals surface area contributed by atoms with Gasteiger partial charge in [0.15, 0.2) is 0 Å². The molecule has 2 aromatic carbocycles. The number of rotatable bonds is 2. The van der Waals surface area contributed by atoms with E-state index in [0.29, 0.717) is 5.06 Å². The largest absolute Gasteiger partial charge is 0.447 e. The van der Waals surface area contributed by atoms with Crippen LogP contribution in [-0.2, 0) is 9.57 Å². The molecule has 1 amide bonds. The number of amides is 1. The van der Waals surface area contributed by atoms with Gasteiger partial charge in [-0.2, -0.15) is 5.06 Å². The number of ether oxygens (including phenoxy) is 1. The van der Waals surface area contributed by atoms with E-state index in [4.69, 9.17) is 9.57 Å². The van der Waals surface area contributed by atoms with Gasteiger partial charge in [-0.05, 0) is 22.3 Å². The zero-order chi connectivity index (χ0) is 18.6. The first-order valence-corrected chi connectivity index (χ1v) is 8.94. The predicted octanol–water partition coefficient (Wildman–Crippen LogP) is 3.16. The monoisotopic (exact) mass is 372 g/mol. The second-order valence-corrected chi connectivity index (χ2v) is 7.12. The lowest BCUT2D eigenvalue weighted by Crippen LogP contribution is -2.47. The van der Waals surface area contributed by atoms with Crippen molar-refractivity contribution in [3.05, 3.63) is 59.7 Å². The topological polar surface area (TPSA) is 50.8 Å². The molecule has 2 atom stereocenters. The highest BCUT2D eigenvalue weighted by molar-refractivity contribution is 5.79. The Kier molecular flexibility index (Phi) is 3.70. The summed E-state index contributed by atoms with van der Waals surface area (Å²) in [6, 6.07) is 14.0. The summed E-state index contributed by atoms with van der Waals surface area (Å²) in [5, 5.41) is 3.40. The number of carbonyl (C=O) groups excluding carboxylic acids is 1. The lowest BCUT2D eigenvalue weighted by atomic mass is 9.98. The van der Waals surface area contributed by atoms with Crippen LogP contribution in [0.3, 0.4) is 0 Å². The molecule has 0 saturated carbocycles. The van der Waals surface area contributed by atoms with E-state index in [1.807, 2.05) is 48.5 Å². The molecule has 1 N–H and O–H groups in total. The zero-order valence-corrected chi connectivity index (χ0v) is 14.4. The maximum Gasteiger partial charge on any atom is 0.434 e. The molecule has 5 nitrogen and oxygen atoms in total. The number of hydroxylamine groups is 2. The zero-order valence-electron chi connectivity index (χ0n) is 14.4. The molecule has 0 bridgehead atoms. The number of hydrogen-bond donors (Lipinski definition) is 1. The van der Waals surface area contributed by atoms with Gasteiger partial charge in [-0.1, -0.05) is 48.5 Å². The van der Waals surface area contributed by atoms with Crippen LogP contribution in [0.4, 0.5) is 13.6 Å². The summed E-state index contributed by atoms with van der Waals surface area (Å²) in [5.41, 5.74) is 4.36. The van der Waals surface area contributed by atoms with Crippen molar-refractivity contribution in [1.29, 1.82) is 0 Å². The van der Waals surface area contributed by atoms with Crippen molar-refractivity contribution < 1.29 is 23.1 Å². The van der Waals surface area contributed by atoms with Crippen molar-refractivity contribution in [2.45, 2.75) is 23.9 Å². The number of hydrogen-bond acceptors (Lipinski definition) is 4. The molecule has 27 heavy (non-hydrogen) atoms. The Hall–Kier alpha value is -2.51. The van der Waals surface area contributed by atoms with E-state index in [2.05, 4.69) is 5.32 Å². The fraction of sp³-hybridized carbons (Fsp3) is 0.350. The SMILES string of the molecule is O=C(OCC1c2ccccc2-c2ccccc21)N1OC[C@H]2NCC(F)(F)[C@H]21. The van der Waals surface area contributed by atoms with Gasteiger partial charge in [-0.3, -0.25) is 4.84 Å². The molecular formula is C20H18F2N2O3. The summed E-state index contributed by atoms with van der Waals surface area (Å²) in [4.78, 5) is 17.7. The number of carbonyl (C=O) groups is 1. The van der Waals surface area contributed by atoms with Gasteiger partial charge < -0.3 is 10.1 Å². The third-order valence-electron chi connectivity index (χ3n) is 5.58. The number of halogens is 2. The summed E-state index contributed by atoms with van der Waals surface area (Å²) in [7, 11) is 0. The smallest absolute Gasteiger partial charge is 0.434 e. The maximum atomic E-state index is 14.1. The molecule has 2 heterocycles. The highest BCUT2D eigenvalue weighted by atomic mass is 19.3. The van der Waals surface area contributed by atoms with Crippen LogP contribution in [0.15, 0.2) is 48.5 Å². The summed E-state index contributed by atoms with van der Waals surface area (Å²) in [6.07, 6.45) is -0.868. The minimum atomic E-state index is -3.03. The van der Waals surface area contributed by atoms with Crippen molar-refractivity contribution in [3.63, 3.8) is 0 Å². The molecule has 3 aliphatic rings. The van der Waals surface area contributed by atoms with Gasteiger partial charge in [0, 0.05) is 5.92 Å². The van der Waals surface area contributed by atoms with E-state index in [0.717, 1.165) is 22.3 Å². The minimum absolute atomic E-state index is 0.0322. The normalized spacial score (nSPS) is 25.2. The van der Waals surface area contributed by atoms with E-state index in [1.165, 1.54) is 0 Å². The molecule has 7 heteroatoms. The van der Waals surface area contributed by atoms with Gasteiger partial charge in [0.05, 0.1) is 19.2 Å². The standard InChI is InChI=1S/C20H18F2N2O3/c21-20(22)11-23-17-10-27-24(18(17)20)19(25)26-9-16-14-7-3-1-5-12(14)13-6-2-4-8-15(13)16/h1-8,16-18,23H,9-11H2/t17-,18+/m1/s1. The van der Waals surface area contributed by atoms with Gasteiger partial charge in [0.2, 0.25) is 0 Å². The number of benzene rings is 2. The van der Waals surface area contributed by atoms with Crippen LogP contribution in [0.25, 0.3) is 11.1 Å². The molecule has 140 valence electrons. The Morgan fingerprint density at radius 1 is 1.15 bits per heavy atom. The third-order valence-corrected chi connectivity index (χ3v) is 5.58. The van der Waals surface area contributed by atoms with Gasteiger partial charge in [-0.25, -0.2) is 13.6 Å². The summed E-state index contributed by atoms with van der Waals surface area (Å²) >= 11 is 0. The van der Waals surface area contributed by atoms with Crippen molar-refractivity contribution in [1.82, 2.24) is 10.4 Å². The molecule has 1 aliphatic carbocycles. The van der Waals surface area contributed by atoms with Crippen LogP contribution in [0.1, 0.15) is 17.0 Å². The second kappa shape index (κ2) is 6.00. The van der Waals surface area contributed by atoms with Gasteiger partial charge in [0.1, 0.15) is 12.6 Å². The average Bonchev–Trinajstić information content (AvgIpc) is 3.33. The van der Waals surface area contributed by atoms with Crippen LogP contribution < -0.4 is 5.32 Å². The average molecular weight is 372 g/mol. The number of alkyl halides is 2. The molecule has 0 spiro atoms.